The second-order valence-electron chi connectivity index (χ2n) is 7.87. The van der Waals surface area contributed by atoms with Crippen LogP contribution in [0.2, 0.25) is 0 Å². The number of carbonyl (C=O) groups excluding carboxylic acids is 1. The van der Waals surface area contributed by atoms with Crippen molar-refractivity contribution in [1.29, 1.82) is 0 Å². The molecule has 0 fully saturated rings. The van der Waals surface area contributed by atoms with E-state index >= 15 is 0 Å². The molecule has 1 heterocycles. The molecule has 0 saturated heterocycles. The molecule has 0 aliphatic rings. The Kier molecular flexibility index (Phi) is 6.24. The van der Waals surface area contributed by atoms with Gasteiger partial charge in [0.2, 0.25) is 11.6 Å². The van der Waals surface area contributed by atoms with E-state index in [1.54, 1.807) is 40.0 Å². The van der Waals surface area contributed by atoms with Crippen LogP contribution in [0.3, 0.4) is 0 Å². The maximum Gasteiger partial charge on any atom is 0.410 e. The molecule has 0 bridgehead atoms. The van der Waals surface area contributed by atoms with Crippen molar-refractivity contribution < 1.29 is 19.4 Å². The van der Waals surface area contributed by atoms with E-state index in [0.29, 0.717) is 11.4 Å². The number of hydrogen-bond acceptors (Lipinski definition) is 7. The van der Waals surface area contributed by atoms with Gasteiger partial charge in [0.1, 0.15) is 11.6 Å². The summed E-state index contributed by atoms with van der Waals surface area (Å²) < 4.78 is 5.47. The number of rotatable bonds is 5. The van der Waals surface area contributed by atoms with Gasteiger partial charge in [-0.2, -0.15) is 0 Å². The molecule has 9 nitrogen and oxygen atoms in total. The van der Waals surface area contributed by atoms with Crippen LogP contribution >= 0.6 is 0 Å². The smallest absolute Gasteiger partial charge is 0.410 e. The van der Waals surface area contributed by atoms with Crippen LogP contribution in [-0.2, 0) is 4.74 Å². The van der Waals surface area contributed by atoms with E-state index in [-0.39, 0.29) is 11.4 Å². The number of aromatic nitrogens is 4. The summed E-state index contributed by atoms with van der Waals surface area (Å²) in [5.41, 5.74) is 0.780. The molecular weight excluding hydrogens is 398 g/mol. The van der Waals surface area contributed by atoms with Crippen LogP contribution < -0.4 is 0 Å². The maximum atomic E-state index is 12.7. The van der Waals surface area contributed by atoms with Crippen molar-refractivity contribution in [1.82, 2.24) is 25.3 Å². The van der Waals surface area contributed by atoms with Crippen LogP contribution in [0.1, 0.15) is 48.6 Å². The molecule has 31 heavy (non-hydrogen) atoms. The Balaban J connectivity index is 1.98. The van der Waals surface area contributed by atoms with E-state index in [1.807, 2.05) is 30.3 Å². The molecule has 1 N–H and O–H groups in total. The molecule has 0 aliphatic carbocycles. The number of amides is 1. The zero-order valence-electron chi connectivity index (χ0n) is 17.7. The van der Waals surface area contributed by atoms with Crippen LogP contribution in [0.4, 0.5) is 4.79 Å². The molecule has 0 aliphatic heterocycles. The third-order valence-corrected chi connectivity index (χ3v) is 4.31. The fourth-order valence-electron chi connectivity index (χ4n) is 2.84. The molecule has 1 aromatic heterocycles. The minimum atomic E-state index is -1.05. The maximum absolute atomic E-state index is 12.7. The normalized spacial score (nSPS) is 12.1. The Morgan fingerprint density at radius 1 is 0.935 bits per heavy atom. The van der Waals surface area contributed by atoms with Gasteiger partial charge in [0.05, 0.1) is 5.56 Å². The molecule has 3 rings (SSSR count). The lowest BCUT2D eigenvalue weighted by Gasteiger charge is -2.29. The fourth-order valence-corrected chi connectivity index (χ4v) is 2.84. The molecule has 1 amide bonds. The second kappa shape index (κ2) is 8.86. The molecule has 9 heteroatoms. The standard InChI is InChI=1S/C22H23N5O4/c1-22(2,3)31-21(30)27(4)17(14-10-12-16(13-11-14)20(28)29)19-25-23-18(24-26-19)15-8-6-5-7-9-15/h5-13,17H,1-4H3,(H,28,29). The van der Waals surface area contributed by atoms with E-state index in [2.05, 4.69) is 20.4 Å². The quantitative estimate of drug-likeness (QED) is 0.664. The number of carboxylic acid groups (broad SMARTS) is 1. The van der Waals surface area contributed by atoms with Crippen molar-refractivity contribution >= 4 is 12.1 Å². The first kappa shape index (κ1) is 21.8. The van der Waals surface area contributed by atoms with Crippen molar-refractivity contribution in [2.75, 3.05) is 7.05 Å². The molecule has 0 saturated carbocycles. The molecule has 1 unspecified atom stereocenters. The zero-order chi connectivity index (χ0) is 22.6. The largest absolute Gasteiger partial charge is 0.478 e. The van der Waals surface area contributed by atoms with Crippen molar-refractivity contribution in [3.05, 3.63) is 71.5 Å². The van der Waals surface area contributed by atoms with Crippen molar-refractivity contribution in [3.63, 3.8) is 0 Å². The predicted octanol–water partition coefficient (Wildman–Crippen LogP) is 3.59. The number of ether oxygens (including phenoxy) is 1. The lowest BCUT2D eigenvalue weighted by Crippen LogP contribution is -2.38. The molecule has 1 atom stereocenters. The van der Waals surface area contributed by atoms with E-state index in [1.165, 1.54) is 17.0 Å². The average molecular weight is 421 g/mol. The highest BCUT2D eigenvalue weighted by Crippen LogP contribution is 2.27. The zero-order valence-corrected chi connectivity index (χ0v) is 17.7. The molecule has 0 spiro atoms. The van der Waals surface area contributed by atoms with E-state index in [4.69, 9.17) is 9.84 Å². The summed E-state index contributed by atoms with van der Waals surface area (Å²) in [5.74, 6) is -0.518. The van der Waals surface area contributed by atoms with Gasteiger partial charge in [-0.25, -0.2) is 9.59 Å². The first-order valence-electron chi connectivity index (χ1n) is 9.57. The highest BCUT2D eigenvalue weighted by Gasteiger charge is 2.30. The van der Waals surface area contributed by atoms with Gasteiger partial charge in [0, 0.05) is 12.6 Å². The molecule has 160 valence electrons. The topological polar surface area (TPSA) is 118 Å². The van der Waals surface area contributed by atoms with Gasteiger partial charge in [-0.3, -0.25) is 4.90 Å². The summed E-state index contributed by atoms with van der Waals surface area (Å²) in [4.78, 5) is 25.3. The van der Waals surface area contributed by atoms with Gasteiger partial charge in [-0.1, -0.05) is 42.5 Å². The second-order valence-corrected chi connectivity index (χ2v) is 7.87. The number of nitrogens with zero attached hydrogens (tertiary/aromatic N) is 5. The van der Waals surface area contributed by atoms with E-state index < -0.39 is 23.7 Å². The number of carboxylic acids is 1. The van der Waals surface area contributed by atoms with Crippen LogP contribution in [0.25, 0.3) is 11.4 Å². The molecule has 3 aromatic rings. The number of hydrogen-bond donors (Lipinski definition) is 1. The van der Waals surface area contributed by atoms with Gasteiger partial charge >= 0.3 is 12.1 Å². The Morgan fingerprint density at radius 2 is 1.52 bits per heavy atom. The van der Waals surface area contributed by atoms with E-state index in [9.17, 15) is 9.59 Å². The molecule has 2 aromatic carbocycles. The van der Waals surface area contributed by atoms with Crippen molar-refractivity contribution in [3.8, 4) is 11.4 Å². The first-order chi connectivity index (χ1) is 14.7. The molecular formula is C22H23N5O4. The highest BCUT2D eigenvalue weighted by molar-refractivity contribution is 5.87. The van der Waals surface area contributed by atoms with Crippen LogP contribution in [-0.4, -0.2) is 55.1 Å². The number of carbonyl (C=O) groups is 2. The summed E-state index contributed by atoms with van der Waals surface area (Å²) >= 11 is 0. The SMILES string of the molecule is CN(C(=O)OC(C)(C)C)C(c1ccc(C(=O)O)cc1)c1nnc(-c2ccccc2)nn1. The Bertz CT molecular complexity index is 1050. The van der Waals surface area contributed by atoms with Gasteiger partial charge < -0.3 is 9.84 Å². The summed E-state index contributed by atoms with van der Waals surface area (Å²) in [6, 6.07) is 14.6. The summed E-state index contributed by atoms with van der Waals surface area (Å²) in [7, 11) is 1.55. The monoisotopic (exact) mass is 421 g/mol. The summed E-state index contributed by atoms with van der Waals surface area (Å²) in [5, 5.41) is 25.9. The lowest BCUT2D eigenvalue weighted by atomic mass is 10.0. The lowest BCUT2D eigenvalue weighted by molar-refractivity contribution is 0.0241. The van der Waals surface area contributed by atoms with Crippen LogP contribution in [0, 0.1) is 0 Å². The van der Waals surface area contributed by atoms with Crippen LogP contribution in [0.5, 0.6) is 0 Å². The van der Waals surface area contributed by atoms with Gasteiger partial charge in [0.15, 0.2) is 0 Å². The Labute approximate surface area is 179 Å². The average Bonchev–Trinajstić information content (AvgIpc) is 2.74. The van der Waals surface area contributed by atoms with E-state index in [0.717, 1.165) is 5.56 Å². The third-order valence-electron chi connectivity index (χ3n) is 4.31. The summed E-state index contributed by atoms with van der Waals surface area (Å²) in [6.07, 6.45) is -0.587. The van der Waals surface area contributed by atoms with Crippen LogP contribution in [0.15, 0.2) is 54.6 Å². The Hall–Kier alpha value is -3.88. The van der Waals surface area contributed by atoms with Crippen molar-refractivity contribution in [2.45, 2.75) is 32.4 Å². The predicted molar refractivity (Wildman–Crippen MR) is 112 cm³/mol. The summed E-state index contributed by atoms with van der Waals surface area (Å²) in [6.45, 7) is 5.30. The minimum absolute atomic E-state index is 0.124. The van der Waals surface area contributed by atoms with Gasteiger partial charge in [-0.15, -0.1) is 20.4 Å². The van der Waals surface area contributed by atoms with Gasteiger partial charge in [0.25, 0.3) is 0 Å². The fraction of sp³-hybridized carbons (Fsp3) is 0.273. The number of benzene rings is 2. The number of aromatic carboxylic acids is 1. The Morgan fingerprint density at radius 3 is 2.03 bits per heavy atom. The first-order valence-corrected chi connectivity index (χ1v) is 9.57. The molecule has 0 radical (unpaired) electrons. The van der Waals surface area contributed by atoms with Gasteiger partial charge in [-0.05, 0) is 38.5 Å². The minimum Gasteiger partial charge on any atom is -0.478 e. The third kappa shape index (κ3) is 5.39. The highest BCUT2D eigenvalue weighted by atomic mass is 16.6. The van der Waals surface area contributed by atoms with Crippen molar-refractivity contribution in [2.24, 2.45) is 0 Å².